The summed E-state index contributed by atoms with van der Waals surface area (Å²) in [6.07, 6.45) is 2.17. The van der Waals surface area contributed by atoms with Crippen molar-refractivity contribution in [3.8, 4) is 0 Å². The molecule has 1 aromatic rings. The van der Waals surface area contributed by atoms with Crippen LogP contribution in [0.4, 0.5) is 0 Å². The average Bonchev–Trinajstić information content (AvgIpc) is 2.25. The Labute approximate surface area is 109 Å². The lowest BCUT2D eigenvalue weighted by Crippen LogP contribution is -2.24. The molecule has 0 saturated heterocycles. The highest BCUT2D eigenvalue weighted by Crippen LogP contribution is 2.09. The molecule has 0 fully saturated rings. The van der Waals surface area contributed by atoms with Gasteiger partial charge in [-0.2, -0.15) is 0 Å². The average molecular weight is 338 g/mol. The van der Waals surface area contributed by atoms with Gasteiger partial charge in [0.25, 0.3) is 5.91 Å². The number of rotatable bonds is 5. The SMILES string of the molecule is O=C(NCCCCI)c1ccc(Cl)cc1. The molecule has 0 atom stereocenters. The van der Waals surface area contributed by atoms with Gasteiger partial charge < -0.3 is 5.32 Å². The highest BCUT2D eigenvalue weighted by atomic mass is 127. The van der Waals surface area contributed by atoms with Gasteiger partial charge in [-0.25, -0.2) is 0 Å². The molecule has 0 aliphatic rings. The Hall–Kier alpha value is -0.290. The fraction of sp³-hybridized carbons (Fsp3) is 0.364. The summed E-state index contributed by atoms with van der Waals surface area (Å²) in [5, 5.41) is 3.52. The fourth-order valence-electron chi connectivity index (χ4n) is 1.12. The number of halogens is 2. The van der Waals surface area contributed by atoms with E-state index in [0.717, 1.165) is 23.8 Å². The van der Waals surface area contributed by atoms with Gasteiger partial charge in [0.05, 0.1) is 0 Å². The first-order valence-electron chi connectivity index (χ1n) is 4.84. The normalized spacial score (nSPS) is 10.0. The number of benzene rings is 1. The molecule has 0 spiro atoms. The third-order valence-electron chi connectivity index (χ3n) is 1.95. The predicted molar refractivity (Wildman–Crippen MR) is 71.9 cm³/mol. The quantitative estimate of drug-likeness (QED) is 0.499. The lowest BCUT2D eigenvalue weighted by molar-refractivity contribution is 0.0953. The van der Waals surface area contributed by atoms with Crippen LogP contribution in [0.25, 0.3) is 0 Å². The molecule has 1 rings (SSSR count). The van der Waals surface area contributed by atoms with E-state index < -0.39 is 0 Å². The zero-order valence-corrected chi connectivity index (χ0v) is 11.2. The highest BCUT2D eigenvalue weighted by Gasteiger charge is 2.03. The van der Waals surface area contributed by atoms with Gasteiger partial charge in [0.2, 0.25) is 0 Å². The number of hydrogen-bond acceptors (Lipinski definition) is 1. The van der Waals surface area contributed by atoms with E-state index in [2.05, 4.69) is 27.9 Å². The third kappa shape index (κ3) is 4.84. The van der Waals surface area contributed by atoms with Crippen molar-refractivity contribution in [2.24, 2.45) is 0 Å². The van der Waals surface area contributed by atoms with E-state index in [1.807, 2.05) is 0 Å². The van der Waals surface area contributed by atoms with Crippen molar-refractivity contribution >= 4 is 40.1 Å². The second kappa shape index (κ2) is 7.06. The number of unbranched alkanes of at least 4 members (excludes halogenated alkanes) is 1. The lowest BCUT2D eigenvalue weighted by Gasteiger charge is -2.04. The number of carbonyl (C=O) groups is 1. The summed E-state index contributed by atoms with van der Waals surface area (Å²) in [5.74, 6) is -0.0277. The minimum atomic E-state index is -0.0277. The van der Waals surface area contributed by atoms with Crippen LogP contribution < -0.4 is 5.32 Å². The van der Waals surface area contributed by atoms with Crippen LogP contribution in [0.5, 0.6) is 0 Å². The summed E-state index contributed by atoms with van der Waals surface area (Å²) < 4.78 is 1.13. The molecule has 0 unspecified atom stereocenters. The van der Waals surface area contributed by atoms with Gasteiger partial charge in [-0.3, -0.25) is 4.79 Å². The topological polar surface area (TPSA) is 29.1 Å². The first-order chi connectivity index (χ1) is 7.24. The first-order valence-corrected chi connectivity index (χ1v) is 6.74. The van der Waals surface area contributed by atoms with E-state index in [1.165, 1.54) is 0 Å². The summed E-state index contributed by atoms with van der Waals surface area (Å²) in [6, 6.07) is 6.91. The van der Waals surface area contributed by atoms with Crippen LogP contribution in [-0.4, -0.2) is 16.9 Å². The summed E-state index contributed by atoms with van der Waals surface area (Å²) in [7, 11) is 0. The standard InChI is InChI=1S/C11H13ClINO/c12-10-5-3-9(4-6-10)11(15)14-8-2-1-7-13/h3-6H,1-2,7-8H2,(H,14,15). The Bertz CT molecular complexity index is 313. The molecule has 1 N–H and O–H groups in total. The molecule has 82 valence electrons. The highest BCUT2D eigenvalue weighted by molar-refractivity contribution is 14.1. The Balaban J connectivity index is 2.37. The summed E-state index contributed by atoms with van der Waals surface area (Å²) in [6.45, 7) is 0.741. The molecule has 0 saturated carbocycles. The molecule has 1 aromatic carbocycles. The van der Waals surface area contributed by atoms with E-state index in [4.69, 9.17) is 11.6 Å². The van der Waals surface area contributed by atoms with Gasteiger partial charge in [0.15, 0.2) is 0 Å². The summed E-state index contributed by atoms with van der Waals surface area (Å²) in [4.78, 5) is 11.6. The molecular weight excluding hydrogens is 324 g/mol. The fourth-order valence-corrected chi connectivity index (χ4v) is 1.79. The van der Waals surface area contributed by atoms with Gasteiger partial charge in [-0.1, -0.05) is 34.2 Å². The van der Waals surface area contributed by atoms with Crippen molar-refractivity contribution in [2.45, 2.75) is 12.8 Å². The Kier molecular flexibility index (Phi) is 6.02. The Morgan fingerprint density at radius 2 is 1.93 bits per heavy atom. The van der Waals surface area contributed by atoms with Crippen LogP contribution in [0.3, 0.4) is 0 Å². The Morgan fingerprint density at radius 1 is 1.27 bits per heavy atom. The van der Waals surface area contributed by atoms with E-state index >= 15 is 0 Å². The maximum absolute atomic E-state index is 11.6. The zero-order chi connectivity index (χ0) is 11.1. The molecule has 15 heavy (non-hydrogen) atoms. The second-order valence-corrected chi connectivity index (χ2v) is 4.67. The zero-order valence-electron chi connectivity index (χ0n) is 8.30. The predicted octanol–water partition coefficient (Wildman–Crippen LogP) is 3.29. The molecule has 0 aromatic heterocycles. The van der Waals surface area contributed by atoms with Crippen molar-refractivity contribution in [3.05, 3.63) is 34.9 Å². The van der Waals surface area contributed by atoms with Crippen LogP contribution in [0.2, 0.25) is 5.02 Å². The minimum Gasteiger partial charge on any atom is -0.352 e. The van der Waals surface area contributed by atoms with E-state index in [-0.39, 0.29) is 5.91 Å². The monoisotopic (exact) mass is 337 g/mol. The van der Waals surface area contributed by atoms with Crippen molar-refractivity contribution in [1.82, 2.24) is 5.32 Å². The van der Waals surface area contributed by atoms with Crippen LogP contribution in [0.15, 0.2) is 24.3 Å². The second-order valence-electron chi connectivity index (χ2n) is 3.16. The van der Waals surface area contributed by atoms with Crippen LogP contribution >= 0.6 is 34.2 Å². The molecule has 0 heterocycles. The van der Waals surface area contributed by atoms with E-state index in [0.29, 0.717) is 10.6 Å². The summed E-state index contributed by atoms with van der Waals surface area (Å²) in [5.41, 5.74) is 0.661. The van der Waals surface area contributed by atoms with E-state index in [1.54, 1.807) is 24.3 Å². The van der Waals surface area contributed by atoms with Crippen LogP contribution in [0.1, 0.15) is 23.2 Å². The largest absolute Gasteiger partial charge is 0.352 e. The smallest absolute Gasteiger partial charge is 0.251 e. The van der Waals surface area contributed by atoms with Gasteiger partial charge in [-0.15, -0.1) is 0 Å². The van der Waals surface area contributed by atoms with Crippen LogP contribution in [0, 0.1) is 0 Å². The van der Waals surface area contributed by atoms with Gasteiger partial charge in [0, 0.05) is 17.1 Å². The van der Waals surface area contributed by atoms with Crippen molar-refractivity contribution in [1.29, 1.82) is 0 Å². The maximum atomic E-state index is 11.6. The molecule has 0 aliphatic heterocycles. The van der Waals surface area contributed by atoms with Crippen LogP contribution in [-0.2, 0) is 0 Å². The molecule has 4 heteroatoms. The molecule has 2 nitrogen and oxygen atoms in total. The van der Waals surface area contributed by atoms with Crippen molar-refractivity contribution in [3.63, 3.8) is 0 Å². The lowest BCUT2D eigenvalue weighted by atomic mass is 10.2. The number of nitrogens with one attached hydrogen (secondary N) is 1. The van der Waals surface area contributed by atoms with E-state index in [9.17, 15) is 4.79 Å². The Morgan fingerprint density at radius 3 is 2.53 bits per heavy atom. The molecule has 0 aliphatic carbocycles. The number of alkyl halides is 1. The third-order valence-corrected chi connectivity index (χ3v) is 2.97. The molecule has 0 bridgehead atoms. The molecule has 0 radical (unpaired) electrons. The molecule has 1 amide bonds. The van der Waals surface area contributed by atoms with Gasteiger partial charge in [-0.05, 0) is 41.5 Å². The van der Waals surface area contributed by atoms with Gasteiger partial charge >= 0.3 is 0 Å². The summed E-state index contributed by atoms with van der Waals surface area (Å²) >= 11 is 8.06. The van der Waals surface area contributed by atoms with Crippen molar-refractivity contribution < 1.29 is 4.79 Å². The first kappa shape index (κ1) is 12.8. The maximum Gasteiger partial charge on any atom is 0.251 e. The van der Waals surface area contributed by atoms with Crippen molar-refractivity contribution in [2.75, 3.05) is 11.0 Å². The number of hydrogen-bond donors (Lipinski definition) is 1. The number of amides is 1. The van der Waals surface area contributed by atoms with Gasteiger partial charge in [0.1, 0.15) is 0 Å². The minimum absolute atomic E-state index is 0.0277. The number of carbonyl (C=O) groups excluding carboxylic acids is 1. The molecular formula is C11H13ClINO.